The Morgan fingerprint density at radius 3 is 2.55 bits per heavy atom. The number of fused-ring (bicyclic) bond motifs is 1. The van der Waals surface area contributed by atoms with Crippen LogP contribution in [0.15, 0.2) is 23.1 Å². The molecule has 3 aromatic rings. The first-order chi connectivity index (χ1) is 19.0. The van der Waals surface area contributed by atoms with Crippen molar-refractivity contribution < 1.29 is 31.8 Å². The lowest BCUT2D eigenvalue weighted by atomic mass is 9.81. The zero-order valence-corrected chi connectivity index (χ0v) is 21.6. The SMILES string of the molecule is Cc1nonc1C(=O)NC(c1cn2ncc(C(C3CC3)N3CC(F)(F)CNC3=O)cc2n1)C1CCC(F)(F)CC1. The molecule has 3 fully saturated rings. The van der Waals surface area contributed by atoms with Crippen LogP contribution in [0.3, 0.4) is 0 Å². The Hall–Kier alpha value is -3.78. The molecule has 2 N–H and O–H groups in total. The van der Waals surface area contributed by atoms with Crippen LogP contribution < -0.4 is 10.6 Å². The van der Waals surface area contributed by atoms with E-state index in [1.165, 1.54) is 10.7 Å². The Morgan fingerprint density at radius 1 is 1.12 bits per heavy atom. The predicted octanol–water partition coefficient (Wildman–Crippen LogP) is 3.83. The van der Waals surface area contributed by atoms with Crippen molar-refractivity contribution in [1.29, 1.82) is 0 Å². The largest absolute Gasteiger partial charge is 0.342 e. The molecule has 2 saturated carbocycles. The number of imidazole rings is 1. The number of carbonyl (C=O) groups is 2. The molecule has 11 nitrogen and oxygen atoms in total. The van der Waals surface area contributed by atoms with Crippen LogP contribution in [0.1, 0.15) is 78.0 Å². The van der Waals surface area contributed by atoms with Crippen LogP contribution in [0.25, 0.3) is 5.65 Å². The predicted molar refractivity (Wildman–Crippen MR) is 130 cm³/mol. The van der Waals surface area contributed by atoms with E-state index in [-0.39, 0.29) is 48.9 Å². The maximum Gasteiger partial charge on any atom is 0.318 e. The Labute approximate surface area is 225 Å². The van der Waals surface area contributed by atoms with Crippen LogP contribution >= 0.6 is 0 Å². The van der Waals surface area contributed by atoms with E-state index in [4.69, 9.17) is 0 Å². The topological polar surface area (TPSA) is 131 Å². The number of hydrogen-bond donors (Lipinski definition) is 2. The van der Waals surface area contributed by atoms with Crippen molar-refractivity contribution in [2.75, 3.05) is 13.1 Å². The van der Waals surface area contributed by atoms with Gasteiger partial charge in [-0.15, -0.1) is 0 Å². The molecule has 3 aliphatic rings. The van der Waals surface area contributed by atoms with Crippen molar-refractivity contribution >= 4 is 17.6 Å². The molecule has 2 unspecified atom stereocenters. The molecule has 6 rings (SSSR count). The molecule has 1 aliphatic heterocycles. The molecule has 0 aromatic carbocycles. The molecule has 0 spiro atoms. The smallest absolute Gasteiger partial charge is 0.318 e. The molecule has 2 atom stereocenters. The molecule has 40 heavy (non-hydrogen) atoms. The van der Waals surface area contributed by atoms with Gasteiger partial charge in [-0.2, -0.15) is 5.10 Å². The second-order valence-electron chi connectivity index (χ2n) is 11.0. The highest BCUT2D eigenvalue weighted by Gasteiger charge is 2.47. The molecule has 0 bridgehead atoms. The van der Waals surface area contributed by atoms with E-state index in [2.05, 4.69) is 35.7 Å². The van der Waals surface area contributed by atoms with Crippen LogP contribution in [0.5, 0.6) is 0 Å². The quantitative estimate of drug-likeness (QED) is 0.417. The Balaban J connectivity index is 1.32. The van der Waals surface area contributed by atoms with Crippen LogP contribution in [-0.4, -0.2) is 66.7 Å². The van der Waals surface area contributed by atoms with E-state index in [1.54, 1.807) is 19.2 Å². The second-order valence-corrected chi connectivity index (χ2v) is 11.0. The highest BCUT2D eigenvalue weighted by Crippen LogP contribution is 2.46. The Kier molecular flexibility index (Phi) is 6.41. The molecule has 15 heteroatoms. The van der Waals surface area contributed by atoms with Gasteiger partial charge in [-0.3, -0.25) is 4.79 Å². The maximum atomic E-state index is 14.2. The van der Waals surface area contributed by atoms with Crippen molar-refractivity contribution in [3.05, 3.63) is 41.1 Å². The van der Waals surface area contributed by atoms with Gasteiger partial charge in [0.25, 0.3) is 11.8 Å². The second kappa shape index (κ2) is 9.70. The zero-order valence-electron chi connectivity index (χ0n) is 21.6. The molecule has 4 heterocycles. The number of amides is 3. The van der Waals surface area contributed by atoms with Crippen molar-refractivity contribution in [2.45, 2.75) is 69.4 Å². The first-order valence-corrected chi connectivity index (χ1v) is 13.2. The number of aryl methyl sites for hydroxylation is 1. The van der Waals surface area contributed by atoms with E-state index in [0.29, 0.717) is 16.9 Å². The van der Waals surface area contributed by atoms with Crippen molar-refractivity contribution in [2.24, 2.45) is 11.8 Å². The van der Waals surface area contributed by atoms with Gasteiger partial charge in [0.05, 0.1) is 43.3 Å². The third kappa shape index (κ3) is 5.20. The van der Waals surface area contributed by atoms with Gasteiger partial charge in [0.1, 0.15) is 5.69 Å². The number of aromatic nitrogens is 5. The highest BCUT2D eigenvalue weighted by molar-refractivity contribution is 5.93. The number of halogens is 4. The molecular weight excluding hydrogens is 536 g/mol. The molecule has 0 radical (unpaired) electrons. The standard InChI is InChI=1S/C25H28F4N8O3/c1-13-19(35-40-34-13)22(38)33-20(14-4-6-24(26,27)7-5-14)17-10-37-18(32-17)8-16(9-31-37)21(15-2-3-15)36-12-25(28,29)11-30-23(36)39/h8-10,14-15,20-21H,2-7,11-12H2,1H3,(H,30,39)(H,33,38). The molecule has 1 saturated heterocycles. The minimum atomic E-state index is -3.06. The molecule has 214 valence electrons. The fraction of sp³-hybridized carbons (Fsp3) is 0.600. The molecule has 3 aromatic heterocycles. The first-order valence-electron chi connectivity index (χ1n) is 13.2. The van der Waals surface area contributed by atoms with Crippen LogP contribution in [0.4, 0.5) is 22.4 Å². The Bertz CT molecular complexity index is 1430. The lowest BCUT2D eigenvalue weighted by Gasteiger charge is -2.38. The normalized spacial score (nSPS) is 22.6. The molecule has 2 aliphatic carbocycles. The van der Waals surface area contributed by atoms with Crippen LogP contribution in [0.2, 0.25) is 0 Å². The van der Waals surface area contributed by atoms with Gasteiger partial charge >= 0.3 is 6.03 Å². The van der Waals surface area contributed by atoms with E-state index < -0.39 is 49.0 Å². The van der Waals surface area contributed by atoms with Gasteiger partial charge < -0.3 is 15.5 Å². The van der Waals surface area contributed by atoms with Crippen molar-refractivity contribution in [3.63, 3.8) is 0 Å². The van der Waals surface area contributed by atoms with E-state index in [9.17, 15) is 27.2 Å². The number of nitrogens with one attached hydrogen (secondary N) is 2. The summed E-state index contributed by atoms with van der Waals surface area (Å²) in [4.78, 5) is 31.4. The fourth-order valence-corrected chi connectivity index (χ4v) is 5.72. The average molecular weight is 565 g/mol. The average Bonchev–Trinajstić information content (AvgIpc) is 3.48. The number of carbonyl (C=O) groups excluding carboxylic acids is 2. The third-order valence-electron chi connectivity index (χ3n) is 7.97. The maximum absolute atomic E-state index is 14.2. The van der Waals surface area contributed by atoms with Gasteiger partial charge in [-0.25, -0.2) is 36.5 Å². The van der Waals surface area contributed by atoms with Crippen molar-refractivity contribution in [3.8, 4) is 0 Å². The summed E-state index contributed by atoms with van der Waals surface area (Å²) in [6.45, 7) is 0.166. The number of urea groups is 1. The number of hydrogen-bond acceptors (Lipinski definition) is 7. The Morgan fingerprint density at radius 2 is 1.88 bits per heavy atom. The summed E-state index contributed by atoms with van der Waals surface area (Å²) >= 11 is 0. The summed E-state index contributed by atoms with van der Waals surface area (Å²) in [5.74, 6) is -6.70. The third-order valence-corrected chi connectivity index (χ3v) is 7.97. The van der Waals surface area contributed by atoms with E-state index >= 15 is 0 Å². The number of alkyl halides is 4. The lowest BCUT2D eigenvalue weighted by Crippen LogP contribution is -2.58. The van der Waals surface area contributed by atoms with Crippen LogP contribution in [-0.2, 0) is 0 Å². The first kappa shape index (κ1) is 26.4. The van der Waals surface area contributed by atoms with Gasteiger partial charge in [-0.05, 0) is 61.2 Å². The summed E-state index contributed by atoms with van der Waals surface area (Å²) < 4.78 is 62.4. The number of nitrogens with zero attached hydrogens (tertiary/aromatic N) is 6. The van der Waals surface area contributed by atoms with Gasteiger partial charge in [0.15, 0.2) is 11.3 Å². The summed E-state index contributed by atoms with van der Waals surface area (Å²) in [5.41, 5.74) is 1.63. The minimum absolute atomic E-state index is 0.0146. The highest BCUT2D eigenvalue weighted by atomic mass is 19.3. The zero-order chi connectivity index (χ0) is 28.2. The number of rotatable bonds is 7. The summed E-state index contributed by atoms with van der Waals surface area (Å²) in [5, 5.41) is 16.8. The van der Waals surface area contributed by atoms with Crippen LogP contribution in [0, 0.1) is 18.8 Å². The summed E-state index contributed by atoms with van der Waals surface area (Å²) in [6, 6.07) is -0.182. The van der Waals surface area contributed by atoms with E-state index in [1.807, 2.05) is 0 Å². The molecule has 3 amide bonds. The minimum Gasteiger partial charge on any atom is -0.342 e. The summed E-state index contributed by atoms with van der Waals surface area (Å²) in [6.07, 6.45) is 4.44. The molecular formula is C25H28F4N8O3. The van der Waals surface area contributed by atoms with Gasteiger partial charge in [0.2, 0.25) is 5.92 Å². The van der Waals surface area contributed by atoms with Gasteiger partial charge in [0, 0.05) is 12.8 Å². The lowest BCUT2D eigenvalue weighted by molar-refractivity contribution is -0.0495. The van der Waals surface area contributed by atoms with Crippen molar-refractivity contribution in [1.82, 2.24) is 40.4 Å². The van der Waals surface area contributed by atoms with E-state index in [0.717, 1.165) is 17.7 Å². The summed E-state index contributed by atoms with van der Waals surface area (Å²) in [7, 11) is 0. The monoisotopic (exact) mass is 564 g/mol. The fourth-order valence-electron chi connectivity index (χ4n) is 5.72. The van der Waals surface area contributed by atoms with Gasteiger partial charge in [-0.1, -0.05) is 5.16 Å².